The quantitative estimate of drug-likeness (QED) is 0.632. The molecule has 29 heavy (non-hydrogen) atoms. The number of amides is 1. The van der Waals surface area contributed by atoms with Gasteiger partial charge in [-0.3, -0.25) is 4.79 Å². The number of carboxylic acids is 1. The number of alkyl halides is 3. The highest BCUT2D eigenvalue weighted by Gasteiger charge is 2.40. The topological polar surface area (TPSA) is 84.2 Å². The van der Waals surface area contributed by atoms with Crippen molar-refractivity contribution in [3.05, 3.63) is 76.9 Å². The highest BCUT2D eigenvalue weighted by atomic mass is 19.4. The Bertz CT molecular complexity index is 1090. The Morgan fingerprint density at radius 3 is 2.34 bits per heavy atom. The summed E-state index contributed by atoms with van der Waals surface area (Å²) in [6.45, 7) is 1.68. The molecule has 150 valence electrons. The smallest absolute Gasteiger partial charge is 0.434 e. The summed E-state index contributed by atoms with van der Waals surface area (Å²) in [7, 11) is 0. The first-order valence-corrected chi connectivity index (χ1v) is 8.14. The van der Waals surface area contributed by atoms with Crippen LogP contribution in [0.25, 0.3) is 5.69 Å². The van der Waals surface area contributed by atoms with Crippen LogP contribution < -0.4 is 5.32 Å². The summed E-state index contributed by atoms with van der Waals surface area (Å²) >= 11 is 0. The predicted octanol–water partition coefficient (Wildman–Crippen LogP) is 4.29. The average molecular weight is 407 g/mol. The molecule has 0 unspecified atom stereocenters. The second kappa shape index (κ2) is 7.38. The molecule has 0 aliphatic heterocycles. The summed E-state index contributed by atoms with van der Waals surface area (Å²) in [5, 5.41) is 15.0. The van der Waals surface area contributed by atoms with Crippen molar-refractivity contribution in [2.24, 2.45) is 0 Å². The fourth-order valence-corrected chi connectivity index (χ4v) is 2.65. The minimum absolute atomic E-state index is 0.0803. The molecule has 0 spiro atoms. The van der Waals surface area contributed by atoms with Gasteiger partial charge in [-0.25, -0.2) is 13.9 Å². The van der Waals surface area contributed by atoms with Gasteiger partial charge in [0.2, 0.25) is 0 Å². The first kappa shape index (κ1) is 20.1. The second-order valence-electron chi connectivity index (χ2n) is 6.08. The highest BCUT2D eigenvalue weighted by molar-refractivity contribution is 6.04. The van der Waals surface area contributed by atoms with Gasteiger partial charge in [0.25, 0.3) is 5.91 Å². The van der Waals surface area contributed by atoms with E-state index in [0.717, 1.165) is 6.07 Å². The lowest BCUT2D eigenvalue weighted by molar-refractivity contribution is -0.143. The first-order valence-electron chi connectivity index (χ1n) is 8.14. The minimum atomic E-state index is -4.95. The lowest BCUT2D eigenvalue weighted by atomic mass is 10.1. The fraction of sp³-hybridized carbons (Fsp3) is 0.105. The predicted molar refractivity (Wildman–Crippen MR) is 94.6 cm³/mol. The molecular formula is C19H13F4N3O3. The van der Waals surface area contributed by atoms with Gasteiger partial charge in [0.15, 0.2) is 5.69 Å². The number of hydrogen-bond acceptors (Lipinski definition) is 3. The van der Waals surface area contributed by atoms with Crippen LogP contribution in [0.3, 0.4) is 0 Å². The van der Waals surface area contributed by atoms with Gasteiger partial charge in [-0.1, -0.05) is 6.07 Å². The molecule has 1 amide bonds. The Morgan fingerprint density at radius 1 is 1.10 bits per heavy atom. The third kappa shape index (κ3) is 4.10. The van der Waals surface area contributed by atoms with Gasteiger partial charge in [-0.2, -0.15) is 18.3 Å². The third-order valence-electron chi connectivity index (χ3n) is 4.09. The molecule has 2 N–H and O–H groups in total. The molecule has 0 saturated carbocycles. The van der Waals surface area contributed by atoms with Crippen molar-refractivity contribution in [1.82, 2.24) is 9.78 Å². The summed E-state index contributed by atoms with van der Waals surface area (Å²) in [5.41, 5.74) is -1.50. The Hall–Kier alpha value is -3.69. The van der Waals surface area contributed by atoms with E-state index in [1.54, 1.807) is 6.92 Å². The zero-order chi connectivity index (χ0) is 21.3. The monoisotopic (exact) mass is 407 g/mol. The van der Waals surface area contributed by atoms with Crippen molar-refractivity contribution in [2.75, 3.05) is 5.32 Å². The van der Waals surface area contributed by atoms with Gasteiger partial charge in [0.05, 0.1) is 11.9 Å². The van der Waals surface area contributed by atoms with Gasteiger partial charge in [-0.15, -0.1) is 0 Å². The summed E-state index contributed by atoms with van der Waals surface area (Å²) in [5.74, 6) is -2.88. The maximum Gasteiger partial charge on any atom is 0.434 e. The number of carbonyl (C=O) groups excluding carboxylic acids is 1. The van der Waals surface area contributed by atoms with Crippen molar-refractivity contribution in [2.45, 2.75) is 13.1 Å². The van der Waals surface area contributed by atoms with Crippen LogP contribution in [0.2, 0.25) is 0 Å². The van der Waals surface area contributed by atoms with E-state index in [9.17, 15) is 27.2 Å². The van der Waals surface area contributed by atoms with Crippen LogP contribution >= 0.6 is 0 Å². The number of aromatic nitrogens is 2. The summed E-state index contributed by atoms with van der Waals surface area (Å²) in [6, 6.07) is 8.78. The number of anilines is 1. The van der Waals surface area contributed by atoms with E-state index >= 15 is 0 Å². The third-order valence-corrected chi connectivity index (χ3v) is 4.09. The van der Waals surface area contributed by atoms with Gasteiger partial charge in [0.1, 0.15) is 11.4 Å². The van der Waals surface area contributed by atoms with Crippen LogP contribution in [0.1, 0.15) is 32.0 Å². The number of nitrogens with one attached hydrogen (secondary N) is 1. The molecule has 0 atom stereocenters. The van der Waals surface area contributed by atoms with Gasteiger partial charge >= 0.3 is 12.1 Å². The average Bonchev–Trinajstić information content (AvgIpc) is 3.11. The number of halogens is 4. The van der Waals surface area contributed by atoms with Crippen LogP contribution in [-0.2, 0) is 6.18 Å². The first-order chi connectivity index (χ1) is 13.6. The molecule has 3 aromatic rings. The van der Waals surface area contributed by atoms with Crippen molar-refractivity contribution < 1.29 is 32.3 Å². The molecule has 2 aromatic carbocycles. The van der Waals surface area contributed by atoms with Gasteiger partial charge in [-0.05, 0) is 48.9 Å². The number of nitrogens with zero attached hydrogens (tertiary/aromatic N) is 2. The van der Waals surface area contributed by atoms with E-state index in [1.165, 1.54) is 36.4 Å². The molecule has 10 heteroatoms. The maximum absolute atomic E-state index is 13.3. The number of benzene rings is 2. The van der Waals surface area contributed by atoms with Crippen molar-refractivity contribution >= 4 is 17.6 Å². The fourth-order valence-electron chi connectivity index (χ4n) is 2.65. The lowest BCUT2D eigenvalue weighted by Gasteiger charge is -2.12. The van der Waals surface area contributed by atoms with Crippen LogP contribution in [0.4, 0.5) is 23.2 Å². The number of rotatable bonds is 4. The summed E-state index contributed by atoms with van der Waals surface area (Å²) in [6.07, 6.45) is -4.34. The standard InChI is InChI=1S/C19H13F4N3O3/c1-10-2-5-12(20)8-15(10)25-17(27)11-3-6-13(7-4-11)26-16(19(21,22)23)14(9-24-26)18(28)29/h2-9H,1H3,(H,25,27)(H,28,29). The minimum Gasteiger partial charge on any atom is -0.478 e. The van der Waals surface area contributed by atoms with Crippen LogP contribution in [-0.4, -0.2) is 26.8 Å². The van der Waals surface area contributed by atoms with Gasteiger partial charge in [0, 0.05) is 11.3 Å². The molecule has 3 rings (SSSR count). The van der Waals surface area contributed by atoms with Crippen molar-refractivity contribution in [3.8, 4) is 5.69 Å². The van der Waals surface area contributed by atoms with E-state index in [4.69, 9.17) is 5.11 Å². The number of aromatic carboxylic acids is 1. The largest absolute Gasteiger partial charge is 0.478 e. The number of hydrogen-bond donors (Lipinski definition) is 2. The lowest BCUT2D eigenvalue weighted by Crippen LogP contribution is -2.17. The zero-order valence-electron chi connectivity index (χ0n) is 14.8. The van der Waals surface area contributed by atoms with E-state index in [-0.39, 0.29) is 16.9 Å². The van der Waals surface area contributed by atoms with Gasteiger partial charge < -0.3 is 10.4 Å². The number of carboxylic acid groups (broad SMARTS) is 1. The second-order valence-corrected chi connectivity index (χ2v) is 6.08. The van der Waals surface area contributed by atoms with Crippen LogP contribution in [0, 0.1) is 12.7 Å². The SMILES string of the molecule is Cc1ccc(F)cc1NC(=O)c1ccc(-n2ncc(C(=O)O)c2C(F)(F)F)cc1. The number of carbonyl (C=O) groups is 2. The molecule has 6 nitrogen and oxygen atoms in total. The number of aryl methyl sites for hydroxylation is 1. The molecule has 0 radical (unpaired) electrons. The molecule has 0 aliphatic carbocycles. The summed E-state index contributed by atoms with van der Waals surface area (Å²) < 4.78 is 53.7. The Morgan fingerprint density at radius 2 is 1.76 bits per heavy atom. The molecule has 0 bridgehead atoms. The molecule has 0 aliphatic rings. The van der Waals surface area contributed by atoms with E-state index in [0.29, 0.717) is 16.4 Å². The summed E-state index contributed by atoms with van der Waals surface area (Å²) in [4.78, 5) is 23.4. The Labute approximate surface area is 161 Å². The van der Waals surface area contributed by atoms with Crippen molar-refractivity contribution in [3.63, 3.8) is 0 Å². The zero-order valence-corrected chi connectivity index (χ0v) is 14.8. The normalized spacial score (nSPS) is 11.3. The van der Waals surface area contributed by atoms with Crippen LogP contribution in [0.15, 0.2) is 48.7 Å². The molecule has 1 aromatic heterocycles. The molecule has 0 saturated heterocycles. The molecule has 1 heterocycles. The van der Waals surface area contributed by atoms with E-state index in [2.05, 4.69) is 10.4 Å². The molecular weight excluding hydrogens is 394 g/mol. The molecule has 0 fully saturated rings. The van der Waals surface area contributed by atoms with Crippen molar-refractivity contribution in [1.29, 1.82) is 0 Å². The highest BCUT2D eigenvalue weighted by Crippen LogP contribution is 2.33. The Kier molecular flexibility index (Phi) is 5.10. The maximum atomic E-state index is 13.3. The van der Waals surface area contributed by atoms with E-state index < -0.39 is 35.1 Å². The van der Waals surface area contributed by atoms with E-state index in [1.807, 2.05) is 0 Å². The Balaban J connectivity index is 1.90. The van der Waals surface area contributed by atoms with Crippen LogP contribution in [0.5, 0.6) is 0 Å².